The van der Waals surface area contributed by atoms with Crippen LogP contribution in [0.4, 0.5) is 0 Å². The molecule has 1 unspecified atom stereocenters. The van der Waals surface area contributed by atoms with E-state index in [-0.39, 0.29) is 0 Å². The number of piperidine rings is 1. The van der Waals surface area contributed by atoms with Crippen molar-refractivity contribution in [1.82, 2.24) is 25.0 Å². The fourth-order valence-corrected chi connectivity index (χ4v) is 3.14. The summed E-state index contributed by atoms with van der Waals surface area (Å²) in [6, 6.07) is 3.20. The van der Waals surface area contributed by atoms with Crippen LogP contribution in [-0.2, 0) is 6.54 Å². The second-order valence-corrected chi connectivity index (χ2v) is 6.30. The molecule has 3 heterocycles. The molecule has 1 N–H and O–H groups in total. The highest BCUT2D eigenvalue weighted by Crippen LogP contribution is 2.19. The molecule has 114 valence electrons. The lowest BCUT2D eigenvalue weighted by atomic mass is 10.1. The number of hydrogen-bond acceptors (Lipinski definition) is 4. The maximum absolute atomic E-state index is 4.63. The third kappa shape index (κ3) is 3.09. The highest BCUT2D eigenvalue weighted by Gasteiger charge is 2.18. The topological polar surface area (TPSA) is 46.0 Å². The van der Waals surface area contributed by atoms with Crippen LogP contribution < -0.4 is 5.32 Å². The maximum Gasteiger partial charge on any atom is 0.157 e. The smallest absolute Gasteiger partial charge is 0.157 e. The van der Waals surface area contributed by atoms with E-state index < -0.39 is 0 Å². The number of rotatable bonds is 4. The van der Waals surface area contributed by atoms with Gasteiger partial charge < -0.3 is 5.32 Å². The van der Waals surface area contributed by atoms with Gasteiger partial charge in [-0.15, -0.1) is 0 Å². The molecule has 1 aliphatic rings. The molecule has 3 rings (SSSR count). The van der Waals surface area contributed by atoms with Gasteiger partial charge in [0.05, 0.1) is 6.20 Å². The van der Waals surface area contributed by atoms with Gasteiger partial charge in [-0.1, -0.05) is 0 Å². The predicted octanol–water partition coefficient (Wildman–Crippen LogP) is 2.20. The van der Waals surface area contributed by atoms with Crippen LogP contribution in [-0.4, -0.2) is 45.8 Å². The highest BCUT2D eigenvalue weighted by molar-refractivity contribution is 5.75. The van der Waals surface area contributed by atoms with Crippen molar-refractivity contribution in [3.05, 3.63) is 24.0 Å². The second-order valence-electron chi connectivity index (χ2n) is 6.30. The molecule has 0 radical (unpaired) electrons. The Labute approximate surface area is 126 Å². The van der Waals surface area contributed by atoms with E-state index >= 15 is 0 Å². The Morgan fingerprint density at radius 3 is 3.00 bits per heavy atom. The number of fused-ring (bicyclic) bond motifs is 1. The van der Waals surface area contributed by atoms with Crippen molar-refractivity contribution in [3.63, 3.8) is 0 Å². The van der Waals surface area contributed by atoms with Gasteiger partial charge >= 0.3 is 0 Å². The van der Waals surface area contributed by atoms with Crippen LogP contribution >= 0.6 is 0 Å². The molecule has 0 amide bonds. The summed E-state index contributed by atoms with van der Waals surface area (Å²) in [6.45, 7) is 7.55. The van der Waals surface area contributed by atoms with Crippen LogP contribution in [0.5, 0.6) is 0 Å². The van der Waals surface area contributed by atoms with Gasteiger partial charge in [0, 0.05) is 36.8 Å². The van der Waals surface area contributed by atoms with Gasteiger partial charge in [-0.25, -0.2) is 9.67 Å². The number of nitrogens with one attached hydrogen (secondary N) is 1. The minimum absolute atomic E-state index is 0.347. The summed E-state index contributed by atoms with van der Waals surface area (Å²) >= 11 is 0. The molecule has 0 spiro atoms. The summed E-state index contributed by atoms with van der Waals surface area (Å²) in [7, 11) is 2.06. The number of nitrogens with zero attached hydrogens (tertiary/aromatic N) is 4. The summed E-state index contributed by atoms with van der Waals surface area (Å²) in [4.78, 5) is 7.14. The van der Waals surface area contributed by atoms with Crippen molar-refractivity contribution >= 4 is 11.0 Å². The van der Waals surface area contributed by atoms with E-state index in [1.807, 2.05) is 17.1 Å². The van der Waals surface area contributed by atoms with Crippen molar-refractivity contribution in [2.45, 2.75) is 45.3 Å². The normalized spacial score (nSPS) is 20.5. The Hall–Kier alpha value is -1.46. The average Bonchev–Trinajstić information content (AvgIpc) is 2.90. The zero-order chi connectivity index (χ0) is 14.8. The molecule has 1 aliphatic heterocycles. The zero-order valence-corrected chi connectivity index (χ0v) is 13.2. The summed E-state index contributed by atoms with van der Waals surface area (Å²) in [5, 5.41) is 8.98. The number of aromatic nitrogens is 3. The van der Waals surface area contributed by atoms with E-state index in [2.05, 4.69) is 47.3 Å². The quantitative estimate of drug-likeness (QED) is 0.936. The van der Waals surface area contributed by atoms with Gasteiger partial charge in [0.15, 0.2) is 5.65 Å². The molecular weight excluding hydrogens is 262 g/mol. The third-order valence-electron chi connectivity index (χ3n) is 4.30. The molecule has 0 aromatic carbocycles. The summed E-state index contributed by atoms with van der Waals surface area (Å²) in [6.07, 6.45) is 6.49. The van der Waals surface area contributed by atoms with Gasteiger partial charge in [-0.05, 0) is 51.9 Å². The molecule has 2 aromatic rings. The van der Waals surface area contributed by atoms with E-state index in [1.54, 1.807) is 0 Å². The third-order valence-corrected chi connectivity index (χ3v) is 4.30. The zero-order valence-electron chi connectivity index (χ0n) is 13.2. The molecule has 0 aliphatic carbocycles. The van der Waals surface area contributed by atoms with E-state index in [4.69, 9.17) is 0 Å². The molecule has 21 heavy (non-hydrogen) atoms. The van der Waals surface area contributed by atoms with E-state index in [0.29, 0.717) is 12.1 Å². The molecule has 0 bridgehead atoms. The van der Waals surface area contributed by atoms with Crippen molar-refractivity contribution in [2.75, 3.05) is 20.1 Å². The number of likely N-dealkylation sites (N-methyl/N-ethyl adjacent to an activating group) is 1. The summed E-state index contributed by atoms with van der Waals surface area (Å²) in [5.41, 5.74) is 2.27. The number of likely N-dealkylation sites (tertiary alicyclic amines) is 1. The Morgan fingerprint density at radius 1 is 1.38 bits per heavy atom. The van der Waals surface area contributed by atoms with Gasteiger partial charge in [0.2, 0.25) is 0 Å². The van der Waals surface area contributed by atoms with Crippen molar-refractivity contribution in [3.8, 4) is 0 Å². The Morgan fingerprint density at radius 2 is 2.24 bits per heavy atom. The van der Waals surface area contributed by atoms with Crippen LogP contribution in [0.3, 0.4) is 0 Å². The van der Waals surface area contributed by atoms with Gasteiger partial charge in [-0.2, -0.15) is 5.10 Å². The largest absolute Gasteiger partial charge is 0.316 e. The van der Waals surface area contributed by atoms with Crippen LogP contribution in [0, 0.1) is 0 Å². The average molecular weight is 287 g/mol. The molecule has 5 heteroatoms. The van der Waals surface area contributed by atoms with Gasteiger partial charge in [0.1, 0.15) is 0 Å². The highest BCUT2D eigenvalue weighted by atomic mass is 15.3. The fourth-order valence-electron chi connectivity index (χ4n) is 3.14. The number of hydrogen-bond donors (Lipinski definition) is 1. The molecule has 1 saturated heterocycles. The SMILES string of the molecule is CNC1CCCN(Cc2cnc3c(cnn3C(C)C)c2)C1. The number of pyridine rings is 1. The standard InChI is InChI=1S/C16H25N5/c1-12(2)21-16-14(9-19-21)7-13(8-18-16)10-20-6-4-5-15(11-20)17-3/h7-9,12,15,17H,4-6,10-11H2,1-3H3. The molecular formula is C16H25N5. The van der Waals surface area contributed by atoms with E-state index in [1.165, 1.54) is 24.9 Å². The van der Waals surface area contributed by atoms with Crippen LogP contribution in [0.15, 0.2) is 18.5 Å². The fraction of sp³-hybridized carbons (Fsp3) is 0.625. The van der Waals surface area contributed by atoms with Gasteiger partial charge in [0.25, 0.3) is 0 Å². The first-order valence-corrected chi connectivity index (χ1v) is 7.89. The molecule has 1 atom stereocenters. The summed E-state index contributed by atoms with van der Waals surface area (Å²) < 4.78 is 1.98. The van der Waals surface area contributed by atoms with Crippen LogP contribution in [0.1, 0.15) is 38.3 Å². The lowest BCUT2D eigenvalue weighted by molar-refractivity contribution is 0.188. The first-order valence-electron chi connectivity index (χ1n) is 7.89. The first-order chi connectivity index (χ1) is 10.2. The second kappa shape index (κ2) is 6.12. The molecule has 0 saturated carbocycles. The summed E-state index contributed by atoms with van der Waals surface area (Å²) in [5.74, 6) is 0. The van der Waals surface area contributed by atoms with Crippen molar-refractivity contribution in [1.29, 1.82) is 0 Å². The minimum Gasteiger partial charge on any atom is -0.316 e. The van der Waals surface area contributed by atoms with Crippen LogP contribution in [0.2, 0.25) is 0 Å². The molecule has 1 fully saturated rings. The lowest BCUT2D eigenvalue weighted by Crippen LogP contribution is -2.43. The minimum atomic E-state index is 0.347. The van der Waals surface area contributed by atoms with Gasteiger partial charge in [-0.3, -0.25) is 4.90 Å². The maximum atomic E-state index is 4.63. The lowest BCUT2D eigenvalue weighted by Gasteiger charge is -2.32. The molecule has 5 nitrogen and oxygen atoms in total. The molecule has 2 aromatic heterocycles. The van der Waals surface area contributed by atoms with Crippen LogP contribution in [0.25, 0.3) is 11.0 Å². The first kappa shape index (κ1) is 14.5. The van der Waals surface area contributed by atoms with E-state index in [0.717, 1.165) is 24.1 Å². The van der Waals surface area contributed by atoms with Crippen molar-refractivity contribution in [2.24, 2.45) is 0 Å². The van der Waals surface area contributed by atoms with Crippen molar-refractivity contribution < 1.29 is 0 Å². The Balaban J connectivity index is 1.75. The monoisotopic (exact) mass is 287 g/mol. The Bertz CT molecular complexity index is 604. The van der Waals surface area contributed by atoms with E-state index in [9.17, 15) is 0 Å². The predicted molar refractivity (Wildman–Crippen MR) is 85.3 cm³/mol. The Kier molecular flexibility index (Phi) is 4.22.